The molecule has 0 aliphatic rings. The topological polar surface area (TPSA) is 66.9 Å². The van der Waals surface area contributed by atoms with E-state index in [0.29, 0.717) is 21.3 Å². The summed E-state index contributed by atoms with van der Waals surface area (Å²) >= 11 is 3.19. The van der Waals surface area contributed by atoms with Crippen LogP contribution in [0.25, 0.3) is 0 Å². The van der Waals surface area contributed by atoms with Crippen LogP contribution in [0.15, 0.2) is 16.6 Å². The summed E-state index contributed by atoms with van der Waals surface area (Å²) in [6, 6.07) is 5.02. The van der Waals surface area contributed by atoms with Crippen molar-refractivity contribution in [3.63, 3.8) is 0 Å². The number of nitrogens with two attached hydrogens (primary N) is 1. The molecule has 0 heterocycles. The first-order valence-corrected chi connectivity index (χ1v) is 4.35. The fourth-order valence-corrected chi connectivity index (χ4v) is 1.82. The summed E-state index contributed by atoms with van der Waals surface area (Å²) in [7, 11) is 0. The minimum atomic E-state index is -0.117. The van der Waals surface area contributed by atoms with Gasteiger partial charge in [0.15, 0.2) is 5.78 Å². The average molecular weight is 239 g/mol. The van der Waals surface area contributed by atoms with E-state index in [0.717, 1.165) is 0 Å². The second-order valence-corrected chi connectivity index (χ2v) is 3.44. The number of anilines is 1. The highest BCUT2D eigenvalue weighted by molar-refractivity contribution is 9.10. The van der Waals surface area contributed by atoms with Gasteiger partial charge in [0.2, 0.25) is 0 Å². The molecule has 4 heteroatoms. The molecule has 1 aromatic rings. The highest BCUT2D eigenvalue weighted by Gasteiger charge is 2.10. The van der Waals surface area contributed by atoms with Gasteiger partial charge in [0, 0.05) is 10.2 Å². The average Bonchev–Trinajstić information content (AvgIpc) is 2.02. The van der Waals surface area contributed by atoms with Crippen LogP contribution in [0.1, 0.15) is 22.8 Å². The Balaban J connectivity index is 3.42. The van der Waals surface area contributed by atoms with Gasteiger partial charge < -0.3 is 5.73 Å². The van der Waals surface area contributed by atoms with Gasteiger partial charge in [-0.3, -0.25) is 4.79 Å². The SMILES string of the molecule is CC(=O)c1c(N)cc(C#N)cc1Br. The number of rotatable bonds is 1. The maximum atomic E-state index is 11.1. The van der Waals surface area contributed by atoms with E-state index in [1.54, 1.807) is 6.07 Å². The van der Waals surface area contributed by atoms with Crippen LogP contribution in [0.5, 0.6) is 0 Å². The first-order valence-electron chi connectivity index (χ1n) is 3.56. The maximum absolute atomic E-state index is 11.1. The second kappa shape index (κ2) is 3.58. The molecule has 1 aromatic carbocycles. The largest absolute Gasteiger partial charge is 0.398 e. The molecule has 0 aliphatic carbocycles. The molecule has 0 fully saturated rings. The van der Waals surface area contributed by atoms with E-state index in [-0.39, 0.29) is 5.78 Å². The number of hydrogen-bond acceptors (Lipinski definition) is 3. The zero-order valence-electron chi connectivity index (χ0n) is 6.97. The van der Waals surface area contributed by atoms with Gasteiger partial charge in [-0.1, -0.05) is 0 Å². The van der Waals surface area contributed by atoms with E-state index in [1.807, 2.05) is 6.07 Å². The number of hydrogen-bond donors (Lipinski definition) is 1. The fraction of sp³-hybridized carbons (Fsp3) is 0.111. The number of halogens is 1. The quantitative estimate of drug-likeness (QED) is 0.602. The van der Waals surface area contributed by atoms with E-state index >= 15 is 0 Å². The zero-order chi connectivity index (χ0) is 10.0. The van der Waals surface area contributed by atoms with Crippen molar-refractivity contribution in [2.24, 2.45) is 0 Å². The van der Waals surface area contributed by atoms with Crippen molar-refractivity contribution in [2.75, 3.05) is 5.73 Å². The highest BCUT2D eigenvalue weighted by atomic mass is 79.9. The minimum Gasteiger partial charge on any atom is -0.398 e. The molecule has 0 aromatic heterocycles. The van der Waals surface area contributed by atoms with Gasteiger partial charge in [0.1, 0.15) is 0 Å². The molecular weight excluding hydrogens is 232 g/mol. The molecule has 1 rings (SSSR count). The van der Waals surface area contributed by atoms with Gasteiger partial charge in [-0.2, -0.15) is 5.26 Å². The van der Waals surface area contributed by atoms with Crippen LogP contribution in [0.2, 0.25) is 0 Å². The highest BCUT2D eigenvalue weighted by Crippen LogP contribution is 2.25. The van der Waals surface area contributed by atoms with E-state index < -0.39 is 0 Å². The van der Waals surface area contributed by atoms with Gasteiger partial charge in [0.25, 0.3) is 0 Å². The lowest BCUT2D eigenvalue weighted by molar-refractivity contribution is 0.101. The van der Waals surface area contributed by atoms with Gasteiger partial charge in [-0.25, -0.2) is 0 Å². The van der Waals surface area contributed by atoms with Gasteiger partial charge in [0.05, 0.1) is 17.2 Å². The van der Waals surface area contributed by atoms with Crippen molar-refractivity contribution < 1.29 is 4.79 Å². The van der Waals surface area contributed by atoms with Crippen LogP contribution in [-0.2, 0) is 0 Å². The van der Waals surface area contributed by atoms with E-state index in [2.05, 4.69) is 15.9 Å². The normalized spacial score (nSPS) is 9.31. The third-order valence-electron chi connectivity index (χ3n) is 1.60. The third kappa shape index (κ3) is 1.87. The number of nitriles is 1. The Bertz CT molecular complexity index is 384. The summed E-state index contributed by atoms with van der Waals surface area (Å²) < 4.78 is 0.566. The number of Topliss-reactive ketones (excluding diaryl/α,β-unsaturated/α-hetero) is 1. The Morgan fingerprint density at radius 1 is 1.62 bits per heavy atom. The molecular formula is C9H7BrN2O. The summed E-state index contributed by atoms with van der Waals surface area (Å²) in [5, 5.41) is 8.60. The Kier molecular flexibility index (Phi) is 2.69. The van der Waals surface area contributed by atoms with E-state index in [9.17, 15) is 4.79 Å². The van der Waals surface area contributed by atoms with Gasteiger partial charge in [-0.05, 0) is 35.0 Å². The summed E-state index contributed by atoms with van der Waals surface area (Å²) in [5.74, 6) is -0.117. The molecule has 0 amide bonds. The van der Waals surface area contributed by atoms with Crippen LogP contribution < -0.4 is 5.73 Å². The van der Waals surface area contributed by atoms with E-state index in [1.165, 1.54) is 13.0 Å². The first kappa shape index (κ1) is 9.75. The Labute approximate surface area is 84.3 Å². The van der Waals surface area contributed by atoms with Gasteiger partial charge in [-0.15, -0.1) is 0 Å². The Hall–Kier alpha value is -1.34. The summed E-state index contributed by atoms with van der Waals surface area (Å²) in [4.78, 5) is 11.1. The molecule has 13 heavy (non-hydrogen) atoms. The van der Waals surface area contributed by atoms with Crippen molar-refractivity contribution >= 4 is 27.4 Å². The Morgan fingerprint density at radius 2 is 2.23 bits per heavy atom. The monoisotopic (exact) mass is 238 g/mol. The van der Waals surface area contributed by atoms with Crippen LogP contribution in [0, 0.1) is 11.3 Å². The van der Waals surface area contributed by atoms with Crippen LogP contribution in [-0.4, -0.2) is 5.78 Å². The predicted molar refractivity (Wildman–Crippen MR) is 53.3 cm³/mol. The molecule has 66 valence electrons. The summed E-state index contributed by atoms with van der Waals surface area (Å²) in [6.45, 7) is 1.43. The lowest BCUT2D eigenvalue weighted by Gasteiger charge is -2.04. The standard InChI is InChI=1S/C9H7BrN2O/c1-5(13)9-7(10)2-6(4-11)3-8(9)12/h2-3H,12H2,1H3. The van der Waals surface area contributed by atoms with Crippen molar-refractivity contribution in [1.82, 2.24) is 0 Å². The molecule has 2 N–H and O–H groups in total. The number of carbonyl (C=O) groups excluding carboxylic acids is 1. The van der Waals surface area contributed by atoms with Gasteiger partial charge >= 0.3 is 0 Å². The molecule has 0 saturated heterocycles. The van der Waals surface area contributed by atoms with Crippen molar-refractivity contribution in [2.45, 2.75) is 6.92 Å². The van der Waals surface area contributed by atoms with Crippen LogP contribution in [0.3, 0.4) is 0 Å². The third-order valence-corrected chi connectivity index (χ3v) is 2.23. The summed E-state index contributed by atoms with van der Waals surface area (Å²) in [5.41, 5.74) is 6.80. The predicted octanol–water partition coefficient (Wildman–Crippen LogP) is 2.11. The number of nitrogen functional groups attached to an aromatic ring is 1. The molecule has 0 bridgehead atoms. The number of benzene rings is 1. The molecule has 0 atom stereocenters. The fourth-order valence-electron chi connectivity index (χ4n) is 1.06. The number of carbonyl (C=O) groups is 1. The first-order chi connectivity index (χ1) is 6.06. The number of nitrogens with zero attached hydrogens (tertiary/aromatic N) is 1. The molecule has 3 nitrogen and oxygen atoms in total. The molecule has 0 spiro atoms. The van der Waals surface area contributed by atoms with Crippen LogP contribution >= 0.6 is 15.9 Å². The lowest BCUT2D eigenvalue weighted by Crippen LogP contribution is -2.01. The molecule has 0 unspecified atom stereocenters. The Morgan fingerprint density at radius 3 is 2.62 bits per heavy atom. The van der Waals surface area contributed by atoms with Crippen molar-refractivity contribution in [3.05, 3.63) is 27.7 Å². The second-order valence-electron chi connectivity index (χ2n) is 2.59. The van der Waals surface area contributed by atoms with Crippen molar-refractivity contribution in [3.8, 4) is 6.07 Å². The minimum absolute atomic E-state index is 0.117. The van der Waals surface area contributed by atoms with Crippen molar-refractivity contribution in [1.29, 1.82) is 5.26 Å². The van der Waals surface area contributed by atoms with Crippen LogP contribution in [0.4, 0.5) is 5.69 Å². The smallest absolute Gasteiger partial charge is 0.163 e. The maximum Gasteiger partial charge on any atom is 0.163 e. The summed E-state index contributed by atoms with van der Waals surface area (Å²) in [6.07, 6.45) is 0. The zero-order valence-corrected chi connectivity index (χ0v) is 8.55. The number of ketones is 1. The molecule has 0 saturated carbocycles. The molecule has 0 aliphatic heterocycles. The lowest BCUT2D eigenvalue weighted by atomic mass is 10.1. The van der Waals surface area contributed by atoms with E-state index in [4.69, 9.17) is 11.0 Å². The molecule has 0 radical (unpaired) electrons.